The monoisotopic (exact) mass is 340 g/mol. The van der Waals surface area contributed by atoms with Gasteiger partial charge in [-0.05, 0) is 24.3 Å². The second-order valence-electron chi connectivity index (χ2n) is 4.91. The second-order valence-corrected chi connectivity index (χ2v) is 5.81. The van der Waals surface area contributed by atoms with E-state index in [4.69, 9.17) is 9.47 Å². The number of carbonyl (C=O) groups is 1. The Bertz CT molecular complexity index is 774. The van der Waals surface area contributed by atoms with Crippen LogP contribution in [0.1, 0.15) is 11.7 Å². The number of aromatic nitrogens is 1. The maximum Gasteiger partial charge on any atom is 0.271 e. The third-order valence-electron chi connectivity index (χ3n) is 3.32. The molecule has 0 saturated heterocycles. The molecule has 0 fully saturated rings. The molecule has 3 aromatic rings. The van der Waals surface area contributed by atoms with Gasteiger partial charge in [0.05, 0.1) is 7.11 Å². The highest BCUT2D eigenvalue weighted by Crippen LogP contribution is 2.25. The Morgan fingerprint density at radius 2 is 1.79 bits per heavy atom. The molecule has 0 spiro atoms. The van der Waals surface area contributed by atoms with Gasteiger partial charge in [0.1, 0.15) is 11.5 Å². The van der Waals surface area contributed by atoms with Gasteiger partial charge in [-0.2, -0.15) is 0 Å². The Morgan fingerprint density at radius 3 is 2.42 bits per heavy atom. The minimum atomic E-state index is -0.775. The Hall–Kier alpha value is -2.86. The molecule has 1 amide bonds. The number of amides is 1. The molecule has 2 aromatic carbocycles. The summed E-state index contributed by atoms with van der Waals surface area (Å²) < 4.78 is 11.1. The third-order valence-corrected chi connectivity index (χ3v) is 4.00. The molecule has 0 bridgehead atoms. The Morgan fingerprint density at radius 1 is 1.08 bits per heavy atom. The van der Waals surface area contributed by atoms with E-state index in [0.717, 1.165) is 11.3 Å². The number of anilines is 1. The van der Waals surface area contributed by atoms with Gasteiger partial charge in [0.15, 0.2) is 5.13 Å². The summed E-state index contributed by atoms with van der Waals surface area (Å²) in [6, 6.07) is 16.5. The minimum Gasteiger partial charge on any atom is -0.497 e. The number of nitrogens with zero attached hydrogens (tertiary/aromatic N) is 1. The van der Waals surface area contributed by atoms with Gasteiger partial charge >= 0.3 is 0 Å². The molecule has 1 aromatic heterocycles. The van der Waals surface area contributed by atoms with Crippen molar-refractivity contribution in [3.05, 3.63) is 71.7 Å². The highest BCUT2D eigenvalue weighted by molar-refractivity contribution is 7.13. The predicted octanol–water partition coefficient (Wildman–Crippen LogP) is 3.91. The summed E-state index contributed by atoms with van der Waals surface area (Å²) in [7, 11) is 1.60. The van der Waals surface area contributed by atoms with E-state index in [1.54, 1.807) is 43.0 Å². The molecule has 0 aliphatic carbocycles. The van der Waals surface area contributed by atoms with Gasteiger partial charge in [-0.15, -0.1) is 11.3 Å². The number of thiazole rings is 1. The highest BCUT2D eigenvalue weighted by atomic mass is 32.1. The van der Waals surface area contributed by atoms with E-state index in [2.05, 4.69) is 10.3 Å². The van der Waals surface area contributed by atoms with Gasteiger partial charge < -0.3 is 9.47 Å². The van der Waals surface area contributed by atoms with Crippen molar-refractivity contribution in [1.82, 2.24) is 4.98 Å². The normalized spacial score (nSPS) is 11.5. The molecule has 0 saturated carbocycles. The van der Waals surface area contributed by atoms with E-state index in [1.807, 2.05) is 30.3 Å². The molecule has 1 atom stereocenters. The van der Waals surface area contributed by atoms with Crippen LogP contribution in [0.15, 0.2) is 66.2 Å². The molecule has 0 aliphatic heterocycles. The molecule has 1 N–H and O–H groups in total. The molecule has 24 heavy (non-hydrogen) atoms. The summed E-state index contributed by atoms with van der Waals surface area (Å²) >= 11 is 1.36. The number of rotatable bonds is 6. The molecule has 6 heteroatoms. The van der Waals surface area contributed by atoms with Crippen LogP contribution in [-0.4, -0.2) is 18.0 Å². The summed E-state index contributed by atoms with van der Waals surface area (Å²) in [4.78, 5) is 16.7. The molecule has 122 valence electrons. The molecular weight excluding hydrogens is 324 g/mol. The number of hydrogen-bond acceptors (Lipinski definition) is 5. The van der Waals surface area contributed by atoms with Crippen LogP contribution in [0.5, 0.6) is 11.5 Å². The zero-order valence-corrected chi connectivity index (χ0v) is 13.8. The summed E-state index contributed by atoms with van der Waals surface area (Å²) in [6.45, 7) is 0. The zero-order valence-electron chi connectivity index (χ0n) is 13.0. The number of hydrogen-bond donors (Lipinski definition) is 1. The van der Waals surface area contributed by atoms with E-state index in [0.29, 0.717) is 10.9 Å². The fraction of sp³-hybridized carbons (Fsp3) is 0.111. The first kappa shape index (κ1) is 16.0. The highest BCUT2D eigenvalue weighted by Gasteiger charge is 2.23. The van der Waals surface area contributed by atoms with E-state index >= 15 is 0 Å². The van der Waals surface area contributed by atoms with Crippen LogP contribution >= 0.6 is 11.3 Å². The first-order valence-corrected chi connectivity index (χ1v) is 8.20. The van der Waals surface area contributed by atoms with Gasteiger partial charge in [0, 0.05) is 17.1 Å². The van der Waals surface area contributed by atoms with Crippen molar-refractivity contribution in [1.29, 1.82) is 0 Å². The lowest BCUT2D eigenvalue weighted by Crippen LogP contribution is -2.25. The fourth-order valence-electron chi connectivity index (χ4n) is 2.15. The second kappa shape index (κ2) is 7.61. The topological polar surface area (TPSA) is 60.5 Å². The number of ether oxygens (including phenoxy) is 2. The molecule has 5 nitrogen and oxygen atoms in total. The van der Waals surface area contributed by atoms with E-state index < -0.39 is 6.10 Å². The van der Waals surface area contributed by atoms with Crippen molar-refractivity contribution in [2.75, 3.05) is 12.4 Å². The number of nitrogens with one attached hydrogen (secondary N) is 1. The largest absolute Gasteiger partial charge is 0.497 e. The average Bonchev–Trinajstić information content (AvgIpc) is 3.14. The summed E-state index contributed by atoms with van der Waals surface area (Å²) in [5.41, 5.74) is 0.766. The van der Waals surface area contributed by atoms with Crippen molar-refractivity contribution < 1.29 is 14.3 Å². The number of carbonyl (C=O) groups excluding carboxylic acids is 1. The van der Waals surface area contributed by atoms with Gasteiger partial charge in [0.25, 0.3) is 5.91 Å². The van der Waals surface area contributed by atoms with Crippen molar-refractivity contribution >= 4 is 22.4 Å². The molecule has 0 radical (unpaired) electrons. The third kappa shape index (κ3) is 3.91. The van der Waals surface area contributed by atoms with Gasteiger partial charge in [-0.1, -0.05) is 30.3 Å². The Labute approximate surface area is 143 Å². The molecule has 0 aliphatic rings. The Balaban J connectivity index is 1.82. The molecule has 1 unspecified atom stereocenters. The van der Waals surface area contributed by atoms with E-state index in [-0.39, 0.29) is 5.91 Å². The first-order chi connectivity index (χ1) is 11.8. The van der Waals surface area contributed by atoms with Crippen molar-refractivity contribution in [2.45, 2.75) is 6.10 Å². The molecular formula is C18H16N2O3S. The lowest BCUT2D eigenvalue weighted by atomic mass is 10.1. The predicted molar refractivity (Wildman–Crippen MR) is 93.5 cm³/mol. The SMILES string of the molecule is COc1ccc(OC(C(=O)Nc2nccs2)c2ccccc2)cc1. The summed E-state index contributed by atoms with van der Waals surface area (Å²) in [5, 5.41) is 5.13. The van der Waals surface area contributed by atoms with Crippen molar-refractivity contribution in [3.8, 4) is 11.5 Å². The molecule has 1 heterocycles. The smallest absolute Gasteiger partial charge is 0.271 e. The standard InChI is InChI=1S/C18H16N2O3S/c1-22-14-7-9-15(10-8-14)23-16(13-5-3-2-4-6-13)17(21)20-18-19-11-12-24-18/h2-12,16H,1H3,(H,19,20,21). The van der Waals surface area contributed by atoms with Crippen LogP contribution < -0.4 is 14.8 Å². The van der Waals surface area contributed by atoms with Crippen molar-refractivity contribution in [2.24, 2.45) is 0 Å². The lowest BCUT2D eigenvalue weighted by molar-refractivity contribution is -0.123. The summed E-state index contributed by atoms with van der Waals surface area (Å²) in [5.74, 6) is 1.04. The van der Waals surface area contributed by atoms with Crippen LogP contribution in [0, 0.1) is 0 Å². The van der Waals surface area contributed by atoms with E-state index in [1.165, 1.54) is 11.3 Å². The number of benzene rings is 2. The first-order valence-electron chi connectivity index (χ1n) is 7.32. The van der Waals surface area contributed by atoms with Gasteiger partial charge in [-0.25, -0.2) is 4.98 Å². The average molecular weight is 340 g/mol. The van der Waals surface area contributed by atoms with Crippen LogP contribution in [0.2, 0.25) is 0 Å². The quantitative estimate of drug-likeness (QED) is 0.739. The van der Waals surface area contributed by atoms with Crippen molar-refractivity contribution in [3.63, 3.8) is 0 Å². The van der Waals surface area contributed by atoms with Crippen LogP contribution in [0.4, 0.5) is 5.13 Å². The fourth-order valence-corrected chi connectivity index (χ4v) is 2.68. The zero-order chi connectivity index (χ0) is 16.8. The summed E-state index contributed by atoms with van der Waals surface area (Å²) in [6.07, 6.45) is 0.866. The Kier molecular flexibility index (Phi) is 5.08. The lowest BCUT2D eigenvalue weighted by Gasteiger charge is -2.18. The van der Waals surface area contributed by atoms with E-state index in [9.17, 15) is 4.79 Å². The van der Waals surface area contributed by atoms with Crippen LogP contribution in [0.3, 0.4) is 0 Å². The van der Waals surface area contributed by atoms with Gasteiger partial charge in [0.2, 0.25) is 6.10 Å². The minimum absolute atomic E-state index is 0.271. The van der Waals surface area contributed by atoms with Crippen LogP contribution in [-0.2, 0) is 4.79 Å². The maximum atomic E-state index is 12.6. The molecule has 3 rings (SSSR count). The maximum absolute atomic E-state index is 12.6. The van der Waals surface area contributed by atoms with Gasteiger partial charge in [-0.3, -0.25) is 10.1 Å². The van der Waals surface area contributed by atoms with Crippen LogP contribution in [0.25, 0.3) is 0 Å². The number of methoxy groups -OCH3 is 1.